The van der Waals surface area contributed by atoms with Crippen LogP contribution in [0.4, 0.5) is 0 Å². The number of fused-ring (bicyclic) bond motifs is 2. The minimum Gasteiger partial charge on any atom is -0.505 e. The summed E-state index contributed by atoms with van der Waals surface area (Å²) >= 11 is 1.60. The lowest BCUT2D eigenvalue weighted by Crippen LogP contribution is -2.20. The Balaban J connectivity index is 1.84. The van der Waals surface area contributed by atoms with Crippen molar-refractivity contribution in [3.05, 3.63) is 11.3 Å². The molecule has 0 radical (unpaired) electrons. The highest BCUT2D eigenvalue weighted by Gasteiger charge is 2.41. The van der Waals surface area contributed by atoms with E-state index in [4.69, 9.17) is 0 Å². The van der Waals surface area contributed by atoms with Gasteiger partial charge in [-0.15, -0.1) is 0 Å². The van der Waals surface area contributed by atoms with Crippen molar-refractivity contribution in [2.45, 2.75) is 79.1 Å². The monoisotopic (exact) mass is 449 g/mol. The highest BCUT2D eigenvalue weighted by Crippen LogP contribution is 2.50. The molecule has 0 aliphatic heterocycles. The van der Waals surface area contributed by atoms with Crippen LogP contribution in [-0.2, 0) is 6.42 Å². The van der Waals surface area contributed by atoms with Crippen LogP contribution in [0.1, 0.15) is 93.5 Å². The second-order valence-corrected chi connectivity index (χ2v) is 12.1. The van der Waals surface area contributed by atoms with Crippen molar-refractivity contribution in [1.29, 1.82) is 0 Å². The van der Waals surface area contributed by atoms with E-state index in [9.17, 15) is 19.8 Å². The van der Waals surface area contributed by atoms with Gasteiger partial charge in [-0.05, 0) is 66.8 Å². The Hall–Kier alpha value is -1.43. The molecule has 0 aromatic carbocycles. The van der Waals surface area contributed by atoms with Crippen LogP contribution in [-0.4, -0.2) is 38.5 Å². The Morgan fingerprint density at radius 1 is 1.19 bits per heavy atom. The lowest BCUT2D eigenvalue weighted by Gasteiger charge is -2.23. The van der Waals surface area contributed by atoms with Gasteiger partial charge < -0.3 is 10.2 Å². The maximum atomic E-state index is 13.2. The van der Waals surface area contributed by atoms with Crippen LogP contribution in [0, 0.1) is 29.1 Å². The number of Topliss-reactive ketones (excluding diaryl/α,β-unsaturated/α-hetero) is 1. The summed E-state index contributed by atoms with van der Waals surface area (Å²) in [7, 11) is 0. The number of nitrogens with zero attached hydrogens (tertiary/aromatic N) is 1. The summed E-state index contributed by atoms with van der Waals surface area (Å²) in [6.07, 6.45) is 8.62. The minimum absolute atomic E-state index is 0.0456. The molecule has 2 saturated carbocycles. The third kappa shape index (κ3) is 5.50. The van der Waals surface area contributed by atoms with Crippen molar-refractivity contribution in [3.63, 3.8) is 0 Å². The van der Waals surface area contributed by atoms with E-state index >= 15 is 0 Å². The second-order valence-electron chi connectivity index (χ2n) is 11.1. The van der Waals surface area contributed by atoms with Gasteiger partial charge in [0.1, 0.15) is 5.56 Å². The molecule has 31 heavy (non-hydrogen) atoms. The number of hydrogen-bond donors (Lipinski definition) is 2. The molecule has 0 spiro atoms. The Kier molecular flexibility index (Phi) is 7.50. The van der Waals surface area contributed by atoms with Crippen LogP contribution in [0.15, 0.2) is 0 Å². The molecule has 0 amide bonds. The summed E-state index contributed by atoms with van der Waals surface area (Å²) in [5, 5.41) is 21.8. The topological polar surface area (TPSA) is 79.5 Å². The van der Waals surface area contributed by atoms with Gasteiger partial charge in [-0.3, -0.25) is 14.2 Å². The largest absolute Gasteiger partial charge is 0.505 e. The normalized spacial score (nSPS) is 24.0. The van der Waals surface area contributed by atoms with Crippen molar-refractivity contribution in [2.75, 3.05) is 12.0 Å². The molecule has 4 unspecified atom stereocenters. The van der Waals surface area contributed by atoms with E-state index in [2.05, 4.69) is 20.8 Å². The number of hydrogen-bond acceptors (Lipinski definition) is 5. The number of aromatic hydroxyl groups is 2. The smallest absolute Gasteiger partial charge is 0.234 e. The van der Waals surface area contributed by atoms with E-state index < -0.39 is 0 Å². The van der Waals surface area contributed by atoms with Crippen LogP contribution < -0.4 is 0 Å². The second kappa shape index (κ2) is 9.60. The summed E-state index contributed by atoms with van der Waals surface area (Å²) in [6.45, 7) is 8.46. The van der Waals surface area contributed by atoms with E-state index in [1.54, 1.807) is 11.8 Å². The van der Waals surface area contributed by atoms with Crippen molar-refractivity contribution in [2.24, 2.45) is 29.1 Å². The van der Waals surface area contributed by atoms with Crippen molar-refractivity contribution >= 4 is 23.5 Å². The van der Waals surface area contributed by atoms with Gasteiger partial charge in [0.15, 0.2) is 11.5 Å². The first kappa shape index (κ1) is 24.2. The maximum Gasteiger partial charge on any atom is 0.234 e. The number of ketones is 1. The first-order valence-corrected chi connectivity index (χ1v) is 13.1. The molecule has 2 fully saturated rings. The molecule has 1 aromatic heterocycles. The molecular weight excluding hydrogens is 410 g/mol. The molecule has 1 aromatic rings. The Labute approximate surface area is 191 Å². The van der Waals surface area contributed by atoms with Gasteiger partial charge in [-0.1, -0.05) is 34.1 Å². The fraction of sp³-hybridized carbons (Fsp3) is 0.760. The first-order chi connectivity index (χ1) is 14.5. The molecule has 2 aliphatic carbocycles. The summed E-state index contributed by atoms with van der Waals surface area (Å²) in [5.74, 6) is 1.46. The molecule has 2 aliphatic rings. The van der Waals surface area contributed by atoms with Crippen LogP contribution in [0.25, 0.3) is 0 Å². The fourth-order valence-electron chi connectivity index (χ4n) is 6.02. The predicted molar refractivity (Wildman–Crippen MR) is 126 cm³/mol. The third-order valence-electron chi connectivity index (χ3n) is 7.10. The van der Waals surface area contributed by atoms with E-state index in [0.717, 1.165) is 18.8 Å². The molecule has 4 atom stereocenters. The third-order valence-corrected chi connectivity index (χ3v) is 7.72. The van der Waals surface area contributed by atoms with Crippen LogP contribution in [0.2, 0.25) is 0 Å². The Morgan fingerprint density at radius 3 is 2.45 bits per heavy atom. The van der Waals surface area contributed by atoms with Gasteiger partial charge in [-0.2, -0.15) is 11.8 Å². The molecule has 6 heteroatoms. The van der Waals surface area contributed by atoms with Crippen LogP contribution >= 0.6 is 11.8 Å². The molecule has 5 nitrogen and oxygen atoms in total. The van der Waals surface area contributed by atoms with Gasteiger partial charge in [0, 0.05) is 19.3 Å². The average Bonchev–Trinajstić information content (AvgIpc) is 3.31. The number of carbonyl (C=O) groups is 2. The Morgan fingerprint density at radius 2 is 1.90 bits per heavy atom. The summed E-state index contributed by atoms with van der Waals surface area (Å²) < 4.78 is 1.22. The Bertz CT molecular complexity index is 822. The standard InChI is InChI=1S/C25H39NO4S/c1-15(14-25(2,3)4)10-21(28)26-19(8-9-31-5)23(29)22(24(26)30)20(27)13-18-12-16-6-7-17(18)11-16/h15-18,29-30H,6-14H2,1-5H3. The predicted octanol–water partition coefficient (Wildman–Crippen LogP) is 5.92. The molecule has 174 valence electrons. The van der Waals surface area contributed by atoms with Gasteiger partial charge in [0.05, 0.1) is 5.69 Å². The lowest BCUT2D eigenvalue weighted by atomic mass is 9.84. The number of aromatic nitrogens is 1. The van der Waals surface area contributed by atoms with E-state index in [1.165, 1.54) is 23.8 Å². The number of thioether (sulfide) groups is 1. The average molecular weight is 450 g/mol. The minimum atomic E-state index is -0.366. The fourth-order valence-corrected chi connectivity index (χ4v) is 6.42. The van der Waals surface area contributed by atoms with Gasteiger partial charge in [0.2, 0.25) is 11.8 Å². The van der Waals surface area contributed by atoms with E-state index in [1.807, 2.05) is 13.2 Å². The number of carbonyl (C=O) groups excluding carboxylic acids is 2. The lowest BCUT2D eigenvalue weighted by molar-refractivity contribution is 0.0859. The van der Waals surface area contributed by atoms with Crippen LogP contribution in [0.5, 0.6) is 11.6 Å². The van der Waals surface area contributed by atoms with E-state index in [0.29, 0.717) is 36.1 Å². The molecule has 2 N–H and O–H groups in total. The molecule has 1 heterocycles. The van der Waals surface area contributed by atoms with Crippen molar-refractivity contribution in [1.82, 2.24) is 4.57 Å². The van der Waals surface area contributed by atoms with Gasteiger partial charge >= 0.3 is 0 Å². The molecule has 3 rings (SSSR count). The van der Waals surface area contributed by atoms with Crippen LogP contribution in [0.3, 0.4) is 0 Å². The zero-order chi connectivity index (χ0) is 22.9. The quantitative estimate of drug-likeness (QED) is 0.458. The zero-order valence-electron chi connectivity index (χ0n) is 19.7. The van der Waals surface area contributed by atoms with E-state index in [-0.39, 0.29) is 46.6 Å². The summed E-state index contributed by atoms with van der Waals surface area (Å²) in [5.41, 5.74) is 0.427. The molecule has 2 bridgehead atoms. The highest BCUT2D eigenvalue weighted by molar-refractivity contribution is 7.98. The summed E-state index contributed by atoms with van der Waals surface area (Å²) in [6, 6.07) is 0. The van der Waals surface area contributed by atoms with Crippen molar-refractivity contribution in [3.8, 4) is 11.6 Å². The van der Waals surface area contributed by atoms with Gasteiger partial charge in [0.25, 0.3) is 0 Å². The summed E-state index contributed by atoms with van der Waals surface area (Å²) in [4.78, 5) is 26.3. The highest BCUT2D eigenvalue weighted by atomic mass is 32.2. The van der Waals surface area contributed by atoms with Gasteiger partial charge in [-0.25, -0.2) is 0 Å². The number of rotatable bonds is 9. The molecule has 0 saturated heterocycles. The SMILES string of the molecule is CSCCc1c(O)c(C(=O)CC2CC3CCC2C3)c(O)n1C(=O)CC(C)CC(C)(C)C. The van der Waals surface area contributed by atoms with Crippen molar-refractivity contribution < 1.29 is 19.8 Å². The molecular formula is C25H39NO4S. The zero-order valence-corrected chi connectivity index (χ0v) is 20.6. The maximum absolute atomic E-state index is 13.2. The first-order valence-electron chi connectivity index (χ1n) is 11.7.